The molecule has 0 aliphatic carbocycles. The molecule has 0 aliphatic heterocycles. The molecule has 1 aromatic heterocycles. The van der Waals surface area contributed by atoms with Crippen LogP contribution in [0.15, 0.2) is 27.8 Å². The molecule has 0 radical (unpaired) electrons. The fourth-order valence-corrected chi connectivity index (χ4v) is 1.63. The summed E-state index contributed by atoms with van der Waals surface area (Å²) >= 11 is 0. The van der Waals surface area contributed by atoms with Gasteiger partial charge in [0.2, 0.25) is 5.43 Å². The molecule has 0 fully saturated rings. The highest BCUT2D eigenvalue weighted by molar-refractivity contribution is 5.91. The largest absolute Gasteiger partial charge is 0.507 e. The van der Waals surface area contributed by atoms with E-state index in [9.17, 15) is 14.7 Å². The summed E-state index contributed by atoms with van der Waals surface area (Å²) in [5.41, 5.74) is -1.74. The van der Waals surface area contributed by atoms with Crippen molar-refractivity contribution in [1.29, 1.82) is 10.5 Å². The Morgan fingerprint density at radius 2 is 1.89 bits per heavy atom. The minimum atomic E-state index is -0.925. The molecule has 0 aliphatic rings. The van der Waals surface area contributed by atoms with E-state index in [2.05, 4.69) is 4.98 Å². The number of fused-ring (bicyclic) bond motifs is 1. The maximum Gasteiger partial charge on any atom is 0.296 e. The lowest BCUT2D eigenvalue weighted by Gasteiger charge is -2.00. The summed E-state index contributed by atoms with van der Waals surface area (Å²) in [6.07, 6.45) is 0. The van der Waals surface area contributed by atoms with Crippen LogP contribution in [0.2, 0.25) is 0 Å². The molecule has 2 N–H and O–H groups in total. The van der Waals surface area contributed by atoms with Crippen LogP contribution in [0.1, 0.15) is 11.1 Å². The van der Waals surface area contributed by atoms with Gasteiger partial charge in [0, 0.05) is 6.07 Å². The van der Waals surface area contributed by atoms with Crippen LogP contribution in [-0.2, 0) is 0 Å². The molecule has 0 atom stereocenters. The maximum atomic E-state index is 11.3. The van der Waals surface area contributed by atoms with Gasteiger partial charge in [-0.25, -0.2) is 0 Å². The Morgan fingerprint density at radius 3 is 2.50 bits per heavy atom. The summed E-state index contributed by atoms with van der Waals surface area (Å²) in [5, 5.41) is 27.6. The van der Waals surface area contributed by atoms with Gasteiger partial charge >= 0.3 is 0 Å². The molecule has 0 amide bonds. The third-order valence-corrected chi connectivity index (χ3v) is 2.43. The Labute approximate surface area is 100.0 Å². The van der Waals surface area contributed by atoms with Crippen molar-refractivity contribution >= 4 is 10.9 Å². The quantitative estimate of drug-likeness (QED) is 0.642. The summed E-state index contributed by atoms with van der Waals surface area (Å²) in [4.78, 5) is 24.8. The number of hydrogen-bond donors (Lipinski definition) is 2. The molecule has 1 aromatic carbocycles. The zero-order chi connectivity index (χ0) is 13.3. The molecule has 2 rings (SSSR count). The lowest BCUT2D eigenvalue weighted by molar-refractivity contribution is 0.481. The van der Waals surface area contributed by atoms with Crippen LogP contribution >= 0.6 is 0 Å². The fourth-order valence-electron chi connectivity index (χ4n) is 1.63. The molecule has 6 heteroatoms. The van der Waals surface area contributed by atoms with E-state index in [0.717, 1.165) is 6.07 Å². The number of nitrogens with zero attached hydrogens (tertiary/aromatic N) is 2. The summed E-state index contributed by atoms with van der Waals surface area (Å²) in [6.45, 7) is 0. The van der Waals surface area contributed by atoms with Gasteiger partial charge in [0.15, 0.2) is 0 Å². The summed E-state index contributed by atoms with van der Waals surface area (Å²) in [5.74, 6) is -0.512. The van der Waals surface area contributed by atoms with Crippen molar-refractivity contribution in [2.75, 3.05) is 0 Å². The molecule has 0 bridgehead atoms. The number of H-pyrrole nitrogens is 1. The third kappa shape index (κ3) is 1.58. The van der Waals surface area contributed by atoms with Crippen LogP contribution in [-0.4, -0.2) is 10.1 Å². The number of nitriles is 2. The molecule has 0 saturated heterocycles. The molecule has 1 heterocycles. The smallest absolute Gasteiger partial charge is 0.296 e. The standard InChI is InChI=1S/C12H5N3O3/c13-4-6-1-2-8-11(7(6)5-14)9(16)3-10(17)12(18)15-8/h1-3,16H,(H,15,17,18). The number of aromatic amines is 1. The van der Waals surface area contributed by atoms with Crippen molar-refractivity contribution in [3.05, 3.63) is 49.9 Å². The Balaban J connectivity index is 3.21. The minimum Gasteiger partial charge on any atom is -0.507 e. The zero-order valence-corrected chi connectivity index (χ0v) is 8.89. The molecule has 0 unspecified atom stereocenters. The number of aromatic hydroxyl groups is 1. The van der Waals surface area contributed by atoms with Crippen LogP contribution in [0.25, 0.3) is 10.9 Å². The van der Waals surface area contributed by atoms with Crippen molar-refractivity contribution in [2.45, 2.75) is 0 Å². The van der Waals surface area contributed by atoms with E-state index in [-0.39, 0.29) is 22.0 Å². The molecular weight excluding hydrogens is 234 g/mol. The molecule has 6 nitrogen and oxygen atoms in total. The summed E-state index contributed by atoms with van der Waals surface area (Å²) < 4.78 is 0. The predicted octanol–water partition coefficient (Wildman–Crippen LogP) is 0.337. The van der Waals surface area contributed by atoms with E-state index in [1.54, 1.807) is 12.1 Å². The van der Waals surface area contributed by atoms with Crippen LogP contribution in [0.4, 0.5) is 0 Å². The van der Waals surface area contributed by atoms with Crippen molar-refractivity contribution in [3.8, 4) is 17.9 Å². The average Bonchev–Trinajstić information content (AvgIpc) is 2.46. The highest BCUT2D eigenvalue weighted by atomic mass is 16.3. The monoisotopic (exact) mass is 239 g/mol. The van der Waals surface area contributed by atoms with E-state index in [4.69, 9.17) is 10.5 Å². The number of benzene rings is 1. The van der Waals surface area contributed by atoms with E-state index >= 15 is 0 Å². The third-order valence-electron chi connectivity index (χ3n) is 2.43. The number of aromatic nitrogens is 1. The van der Waals surface area contributed by atoms with Crippen LogP contribution in [0, 0.1) is 22.7 Å². The highest BCUT2D eigenvalue weighted by Crippen LogP contribution is 2.25. The maximum absolute atomic E-state index is 11.3. The van der Waals surface area contributed by atoms with Gasteiger partial charge in [-0.2, -0.15) is 10.5 Å². The van der Waals surface area contributed by atoms with Crippen molar-refractivity contribution in [2.24, 2.45) is 0 Å². The Hall–Kier alpha value is -3.12. The summed E-state index contributed by atoms with van der Waals surface area (Å²) in [7, 11) is 0. The first-order valence-corrected chi connectivity index (χ1v) is 4.82. The van der Waals surface area contributed by atoms with Gasteiger partial charge in [-0.15, -0.1) is 0 Å². The number of nitrogens with one attached hydrogen (secondary N) is 1. The van der Waals surface area contributed by atoms with Gasteiger partial charge in [-0.1, -0.05) is 0 Å². The Bertz CT molecular complexity index is 854. The molecule has 86 valence electrons. The van der Waals surface area contributed by atoms with E-state index in [1.165, 1.54) is 12.1 Å². The minimum absolute atomic E-state index is 0.0178. The van der Waals surface area contributed by atoms with E-state index < -0.39 is 16.7 Å². The first-order valence-electron chi connectivity index (χ1n) is 4.82. The second kappa shape index (κ2) is 4.04. The molecule has 0 saturated carbocycles. The Morgan fingerprint density at radius 1 is 1.17 bits per heavy atom. The second-order valence-electron chi connectivity index (χ2n) is 3.48. The van der Waals surface area contributed by atoms with Gasteiger partial charge in [0.25, 0.3) is 5.56 Å². The number of rotatable bonds is 0. The number of hydrogen-bond acceptors (Lipinski definition) is 5. The van der Waals surface area contributed by atoms with Crippen LogP contribution in [0.5, 0.6) is 5.75 Å². The van der Waals surface area contributed by atoms with Gasteiger partial charge in [-0.05, 0) is 12.1 Å². The normalized spacial score (nSPS) is 9.67. The van der Waals surface area contributed by atoms with Gasteiger partial charge < -0.3 is 10.1 Å². The average molecular weight is 239 g/mol. The van der Waals surface area contributed by atoms with Crippen molar-refractivity contribution in [1.82, 2.24) is 4.98 Å². The van der Waals surface area contributed by atoms with E-state index in [1.807, 2.05) is 0 Å². The molecule has 0 spiro atoms. The fraction of sp³-hybridized carbons (Fsp3) is 0. The van der Waals surface area contributed by atoms with Crippen molar-refractivity contribution in [3.63, 3.8) is 0 Å². The predicted molar refractivity (Wildman–Crippen MR) is 61.9 cm³/mol. The van der Waals surface area contributed by atoms with Gasteiger partial charge in [0.1, 0.15) is 17.9 Å². The summed E-state index contributed by atoms with van der Waals surface area (Å²) in [6, 6.07) is 6.99. The lowest BCUT2D eigenvalue weighted by atomic mass is 10.0. The van der Waals surface area contributed by atoms with E-state index in [0.29, 0.717) is 0 Å². The molecule has 18 heavy (non-hydrogen) atoms. The van der Waals surface area contributed by atoms with Gasteiger partial charge in [-0.3, -0.25) is 9.59 Å². The zero-order valence-electron chi connectivity index (χ0n) is 8.89. The first-order chi connectivity index (χ1) is 8.58. The second-order valence-corrected chi connectivity index (χ2v) is 3.48. The van der Waals surface area contributed by atoms with Gasteiger partial charge in [0.05, 0.1) is 22.0 Å². The van der Waals surface area contributed by atoms with Crippen LogP contribution < -0.4 is 11.0 Å². The first kappa shape index (κ1) is 11.4. The Kier molecular flexibility index (Phi) is 2.55. The van der Waals surface area contributed by atoms with Crippen molar-refractivity contribution < 1.29 is 5.11 Å². The topological polar surface area (TPSA) is 118 Å². The highest BCUT2D eigenvalue weighted by Gasteiger charge is 2.11. The van der Waals surface area contributed by atoms with Crippen LogP contribution in [0.3, 0.4) is 0 Å². The SMILES string of the molecule is N#Cc1ccc2[nH]c(=O)c(=O)cc(O)c2c1C#N. The lowest BCUT2D eigenvalue weighted by Crippen LogP contribution is -2.22. The molecular formula is C12H5N3O3. The molecule has 2 aromatic rings.